The molecule has 1 aliphatic carbocycles. The fraction of sp³-hybridized carbons (Fsp3) is 0.625. The summed E-state index contributed by atoms with van der Waals surface area (Å²) in [4.78, 5) is 28.9. The summed E-state index contributed by atoms with van der Waals surface area (Å²) in [5.74, 6) is 0.537. The quantitative estimate of drug-likeness (QED) is 0.804. The smallest absolute Gasteiger partial charge is 0.279 e. The molecule has 2 aliphatic rings. The molecule has 7 nitrogen and oxygen atoms in total. The van der Waals surface area contributed by atoms with Crippen LogP contribution in [0.1, 0.15) is 23.8 Å². The average molecular weight is 348 g/mol. The highest BCUT2D eigenvalue weighted by Crippen LogP contribution is 2.35. The summed E-state index contributed by atoms with van der Waals surface area (Å²) in [5, 5.41) is 8.87. The molecule has 0 N–H and O–H groups in total. The lowest BCUT2D eigenvalue weighted by Crippen LogP contribution is -2.43. The first-order valence-corrected chi connectivity index (χ1v) is 9.18. The van der Waals surface area contributed by atoms with Gasteiger partial charge in [-0.25, -0.2) is 4.68 Å². The fourth-order valence-corrected chi connectivity index (χ4v) is 4.75. The maximum atomic E-state index is 12.8. The number of hydrogen-bond donors (Lipinski definition) is 0. The number of hydrogen-bond acceptors (Lipinski definition) is 6. The second-order valence-electron chi connectivity index (χ2n) is 6.58. The van der Waals surface area contributed by atoms with Crippen LogP contribution in [-0.2, 0) is 28.9 Å². The Morgan fingerprint density at radius 3 is 2.96 bits per heavy atom. The lowest BCUT2D eigenvalue weighted by atomic mass is 9.89. The zero-order chi connectivity index (χ0) is 16.7. The summed E-state index contributed by atoms with van der Waals surface area (Å²) in [6, 6.07) is 0. The standard InChI is InChI=1S/C16H20N4O3S/c1-10-2-3-11-12(8-10)24-15-14(11)16(22)20(18-17-15)9-13(21)19-4-6-23-7-5-19/h10H,2-9H2,1H3/t10-/m1/s1. The van der Waals surface area contributed by atoms with Crippen LogP contribution in [0.3, 0.4) is 0 Å². The van der Waals surface area contributed by atoms with Crippen LogP contribution in [-0.4, -0.2) is 52.1 Å². The van der Waals surface area contributed by atoms with Gasteiger partial charge in [0.05, 0.1) is 18.6 Å². The molecule has 1 fully saturated rings. The molecule has 0 unspecified atom stereocenters. The van der Waals surface area contributed by atoms with Gasteiger partial charge in [-0.05, 0) is 30.7 Å². The van der Waals surface area contributed by atoms with Crippen molar-refractivity contribution < 1.29 is 9.53 Å². The van der Waals surface area contributed by atoms with Crippen molar-refractivity contribution in [2.45, 2.75) is 32.7 Å². The summed E-state index contributed by atoms with van der Waals surface area (Å²) in [6.07, 6.45) is 3.00. The molecule has 1 amide bonds. The van der Waals surface area contributed by atoms with Crippen LogP contribution in [0.25, 0.3) is 10.2 Å². The summed E-state index contributed by atoms with van der Waals surface area (Å²) in [7, 11) is 0. The van der Waals surface area contributed by atoms with Crippen molar-refractivity contribution >= 4 is 27.5 Å². The van der Waals surface area contributed by atoms with Crippen molar-refractivity contribution in [3.8, 4) is 0 Å². The Morgan fingerprint density at radius 1 is 1.38 bits per heavy atom. The van der Waals surface area contributed by atoms with Crippen molar-refractivity contribution in [1.82, 2.24) is 19.9 Å². The van der Waals surface area contributed by atoms with E-state index in [1.165, 1.54) is 9.56 Å². The summed E-state index contributed by atoms with van der Waals surface area (Å²) in [5.41, 5.74) is 0.939. The molecule has 0 radical (unpaired) electrons. The first kappa shape index (κ1) is 15.7. The fourth-order valence-electron chi connectivity index (χ4n) is 3.44. The largest absolute Gasteiger partial charge is 0.378 e. The molecular formula is C16H20N4O3S. The second-order valence-corrected chi connectivity index (χ2v) is 7.66. The first-order chi connectivity index (χ1) is 11.6. The third-order valence-corrected chi connectivity index (χ3v) is 5.97. The SMILES string of the molecule is C[C@@H]1CCc2c(sc3nnn(CC(=O)N4CCOCC4)c(=O)c23)C1. The van der Waals surface area contributed by atoms with Gasteiger partial charge in [0, 0.05) is 18.0 Å². The van der Waals surface area contributed by atoms with Crippen LogP contribution < -0.4 is 5.56 Å². The number of carbonyl (C=O) groups excluding carboxylic acids is 1. The highest BCUT2D eigenvalue weighted by molar-refractivity contribution is 7.18. The van der Waals surface area contributed by atoms with Crippen LogP contribution in [0.2, 0.25) is 0 Å². The van der Waals surface area contributed by atoms with Gasteiger partial charge in [0.1, 0.15) is 6.54 Å². The molecule has 2 aromatic heterocycles. The molecule has 1 aliphatic heterocycles. The van der Waals surface area contributed by atoms with Gasteiger partial charge in [0.25, 0.3) is 5.56 Å². The van der Waals surface area contributed by atoms with Gasteiger partial charge in [0.15, 0.2) is 4.83 Å². The second kappa shape index (κ2) is 6.25. The van der Waals surface area contributed by atoms with E-state index in [1.54, 1.807) is 16.2 Å². The third-order valence-electron chi connectivity index (χ3n) is 4.83. The molecule has 3 heterocycles. The Labute approximate surface area is 143 Å². The number of carbonyl (C=O) groups is 1. The summed E-state index contributed by atoms with van der Waals surface area (Å²) >= 11 is 1.57. The van der Waals surface area contributed by atoms with E-state index in [4.69, 9.17) is 4.74 Å². The molecule has 2 aromatic rings. The molecule has 0 aromatic carbocycles. The van der Waals surface area contributed by atoms with Crippen molar-refractivity contribution in [3.63, 3.8) is 0 Å². The van der Waals surface area contributed by atoms with E-state index in [0.717, 1.165) is 24.8 Å². The van der Waals surface area contributed by atoms with Gasteiger partial charge >= 0.3 is 0 Å². The van der Waals surface area contributed by atoms with Gasteiger partial charge in [-0.2, -0.15) is 0 Å². The first-order valence-electron chi connectivity index (χ1n) is 8.37. The van der Waals surface area contributed by atoms with Crippen molar-refractivity contribution in [2.75, 3.05) is 26.3 Å². The van der Waals surface area contributed by atoms with Crippen LogP contribution in [0.5, 0.6) is 0 Å². The van der Waals surface area contributed by atoms with E-state index in [-0.39, 0.29) is 18.0 Å². The van der Waals surface area contributed by atoms with E-state index in [9.17, 15) is 9.59 Å². The van der Waals surface area contributed by atoms with Crippen LogP contribution in [0.15, 0.2) is 4.79 Å². The van der Waals surface area contributed by atoms with E-state index in [2.05, 4.69) is 17.2 Å². The van der Waals surface area contributed by atoms with Crippen molar-refractivity contribution in [3.05, 3.63) is 20.8 Å². The normalized spacial score (nSPS) is 21.0. The van der Waals surface area contributed by atoms with Crippen LogP contribution in [0, 0.1) is 5.92 Å². The molecular weight excluding hydrogens is 328 g/mol. The van der Waals surface area contributed by atoms with Crippen LogP contribution in [0.4, 0.5) is 0 Å². The van der Waals surface area contributed by atoms with Crippen molar-refractivity contribution in [2.24, 2.45) is 5.92 Å². The number of amides is 1. The number of thiophene rings is 1. The number of morpholine rings is 1. The van der Waals surface area contributed by atoms with E-state index >= 15 is 0 Å². The van der Waals surface area contributed by atoms with Gasteiger partial charge in [-0.3, -0.25) is 9.59 Å². The Hall–Kier alpha value is -1.80. The number of aromatic nitrogens is 3. The van der Waals surface area contributed by atoms with E-state index in [1.807, 2.05) is 0 Å². The number of aryl methyl sites for hydroxylation is 1. The lowest BCUT2D eigenvalue weighted by Gasteiger charge is -2.26. The summed E-state index contributed by atoms with van der Waals surface area (Å²) < 4.78 is 6.47. The molecule has 128 valence electrons. The molecule has 24 heavy (non-hydrogen) atoms. The Kier molecular flexibility index (Phi) is 4.09. The van der Waals surface area contributed by atoms with Gasteiger partial charge < -0.3 is 9.64 Å². The minimum Gasteiger partial charge on any atom is -0.378 e. The monoisotopic (exact) mass is 348 g/mol. The third kappa shape index (κ3) is 2.73. The minimum absolute atomic E-state index is 0.0528. The number of ether oxygens (including phenoxy) is 1. The average Bonchev–Trinajstić information content (AvgIpc) is 2.96. The van der Waals surface area contributed by atoms with Gasteiger partial charge in [-0.1, -0.05) is 12.1 Å². The highest BCUT2D eigenvalue weighted by Gasteiger charge is 2.25. The molecule has 0 bridgehead atoms. The maximum absolute atomic E-state index is 12.8. The van der Waals surface area contributed by atoms with E-state index < -0.39 is 0 Å². The predicted octanol–water partition coefficient (Wildman–Crippen LogP) is 0.837. The number of nitrogens with zero attached hydrogens (tertiary/aromatic N) is 4. The highest BCUT2D eigenvalue weighted by atomic mass is 32.1. The molecule has 0 spiro atoms. The molecule has 0 saturated carbocycles. The molecule has 1 saturated heterocycles. The Balaban J connectivity index is 1.66. The molecule has 1 atom stereocenters. The number of rotatable bonds is 2. The Bertz CT molecular complexity index is 838. The van der Waals surface area contributed by atoms with Gasteiger partial charge in [0.2, 0.25) is 5.91 Å². The van der Waals surface area contributed by atoms with Crippen molar-refractivity contribution in [1.29, 1.82) is 0 Å². The minimum atomic E-state index is -0.186. The molecule has 8 heteroatoms. The van der Waals surface area contributed by atoms with Crippen LogP contribution >= 0.6 is 11.3 Å². The van der Waals surface area contributed by atoms with Gasteiger partial charge in [-0.15, -0.1) is 16.4 Å². The zero-order valence-corrected chi connectivity index (χ0v) is 14.5. The molecule has 4 rings (SSSR count). The lowest BCUT2D eigenvalue weighted by molar-refractivity contribution is -0.136. The van der Waals surface area contributed by atoms with E-state index in [0.29, 0.717) is 42.4 Å². The Morgan fingerprint density at radius 2 is 2.17 bits per heavy atom. The maximum Gasteiger partial charge on any atom is 0.279 e. The topological polar surface area (TPSA) is 77.3 Å². The summed E-state index contributed by atoms with van der Waals surface area (Å²) in [6.45, 7) is 4.40. The predicted molar refractivity (Wildman–Crippen MR) is 90.3 cm³/mol. The number of fused-ring (bicyclic) bond motifs is 3. The zero-order valence-electron chi connectivity index (χ0n) is 13.7.